The molecule has 2 N–H and O–H groups in total. The number of hydrogen-bond acceptors (Lipinski definition) is 6. The lowest BCUT2D eigenvalue weighted by Crippen LogP contribution is -2.48. The number of ether oxygens (including phenoxy) is 3. The summed E-state index contributed by atoms with van der Waals surface area (Å²) in [6.07, 6.45) is 6.78. The van der Waals surface area contributed by atoms with Gasteiger partial charge in [0, 0.05) is 12.1 Å². The van der Waals surface area contributed by atoms with Crippen LogP contribution in [0.1, 0.15) is 51.5 Å². The van der Waals surface area contributed by atoms with E-state index in [-0.39, 0.29) is 6.04 Å². The third kappa shape index (κ3) is 7.42. The van der Waals surface area contributed by atoms with Gasteiger partial charge in [0.1, 0.15) is 0 Å². The SMILES string of the molecule is CCOc1cc(/C=C/C(=O)O[C@H](C)C(=O)NC(=O)NC2CCCCC2)ccc1OC. The lowest BCUT2D eigenvalue weighted by molar-refractivity contribution is -0.149. The fourth-order valence-electron chi connectivity index (χ4n) is 3.18. The molecule has 0 bridgehead atoms. The number of urea groups is 1. The number of benzene rings is 1. The number of esters is 1. The number of rotatable bonds is 8. The highest BCUT2D eigenvalue weighted by molar-refractivity contribution is 5.98. The van der Waals surface area contributed by atoms with E-state index in [1.807, 2.05) is 6.92 Å². The lowest BCUT2D eigenvalue weighted by Gasteiger charge is -2.23. The molecule has 164 valence electrons. The van der Waals surface area contributed by atoms with Crippen molar-refractivity contribution in [2.75, 3.05) is 13.7 Å². The molecular weight excluding hydrogens is 388 g/mol. The molecule has 0 heterocycles. The van der Waals surface area contributed by atoms with Crippen LogP contribution in [-0.4, -0.2) is 43.8 Å². The summed E-state index contributed by atoms with van der Waals surface area (Å²) in [5.41, 5.74) is 0.708. The molecule has 1 aromatic carbocycles. The first-order valence-electron chi connectivity index (χ1n) is 10.2. The maximum absolute atomic E-state index is 12.1. The van der Waals surface area contributed by atoms with E-state index in [4.69, 9.17) is 14.2 Å². The van der Waals surface area contributed by atoms with Gasteiger partial charge in [-0.25, -0.2) is 9.59 Å². The van der Waals surface area contributed by atoms with Crippen molar-refractivity contribution in [1.82, 2.24) is 10.6 Å². The number of imide groups is 1. The largest absolute Gasteiger partial charge is 0.493 e. The van der Waals surface area contributed by atoms with Crippen LogP contribution in [0.4, 0.5) is 4.79 Å². The van der Waals surface area contributed by atoms with Gasteiger partial charge in [0.25, 0.3) is 5.91 Å². The second kappa shape index (κ2) is 11.8. The Bertz CT molecular complexity index is 771. The molecule has 1 saturated carbocycles. The van der Waals surface area contributed by atoms with E-state index in [2.05, 4.69) is 10.6 Å². The number of amides is 3. The smallest absolute Gasteiger partial charge is 0.331 e. The van der Waals surface area contributed by atoms with Gasteiger partial charge >= 0.3 is 12.0 Å². The number of carbonyl (C=O) groups is 3. The van der Waals surface area contributed by atoms with Crippen LogP contribution in [0.25, 0.3) is 6.08 Å². The van der Waals surface area contributed by atoms with Crippen molar-refractivity contribution in [3.8, 4) is 11.5 Å². The molecule has 1 aliphatic carbocycles. The normalized spacial score (nSPS) is 15.3. The minimum Gasteiger partial charge on any atom is -0.493 e. The molecule has 0 unspecified atom stereocenters. The molecule has 3 amide bonds. The highest BCUT2D eigenvalue weighted by Crippen LogP contribution is 2.28. The van der Waals surface area contributed by atoms with E-state index in [0.29, 0.717) is 23.7 Å². The van der Waals surface area contributed by atoms with Gasteiger partial charge in [0.15, 0.2) is 17.6 Å². The molecule has 1 fully saturated rings. The molecular formula is C22H30N2O6. The average molecular weight is 418 g/mol. The van der Waals surface area contributed by atoms with Crippen molar-refractivity contribution in [1.29, 1.82) is 0 Å². The van der Waals surface area contributed by atoms with Gasteiger partial charge in [-0.2, -0.15) is 0 Å². The van der Waals surface area contributed by atoms with E-state index < -0.39 is 24.0 Å². The Balaban J connectivity index is 1.83. The highest BCUT2D eigenvalue weighted by atomic mass is 16.5. The summed E-state index contributed by atoms with van der Waals surface area (Å²) in [4.78, 5) is 36.1. The minimum absolute atomic E-state index is 0.0819. The molecule has 0 aromatic heterocycles. The zero-order valence-electron chi connectivity index (χ0n) is 17.7. The zero-order chi connectivity index (χ0) is 21.9. The summed E-state index contributed by atoms with van der Waals surface area (Å²) < 4.78 is 15.8. The number of nitrogens with one attached hydrogen (secondary N) is 2. The van der Waals surface area contributed by atoms with Gasteiger partial charge in [0.05, 0.1) is 13.7 Å². The van der Waals surface area contributed by atoms with E-state index in [0.717, 1.165) is 25.7 Å². The van der Waals surface area contributed by atoms with Crippen molar-refractivity contribution < 1.29 is 28.6 Å². The summed E-state index contributed by atoms with van der Waals surface area (Å²) in [6.45, 7) is 3.75. The predicted molar refractivity (Wildman–Crippen MR) is 112 cm³/mol. The Morgan fingerprint density at radius 2 is 1.90 bits per heavy atom. The quantitative estimate of drug-likeness (QED) is 0.496. The van der Waals surface area contributed by atoms with E-state index >= 15 is 0 Å². The Morgan fingerprint density at radius 1 is 1.17 bits per heavy atom. The Hall–Kier alpha value is -3.03. The van der Waals surface area contributed by atoms with Crippen molar-refractivity contribution in [3.63, 3.8) is 0 Å². The molecule has 1 aromatic rings. The summed E-state index contributed by atoms with van der Waals surface area (Å²) >= 11 is 0. The Labute approximate surface area is 176 Å². The van der Waals surface area contributed by atoms with Crippen molar-refractivity contribution >= 4 is 24.0 Å². The average Bonchev–Trinajstić information content (AvgIpc) is 2.73. The monoisotopic (exact) mass is 418 g/mol. The van der Waals surface area contributed by atoms with Gasteiger partial charge in [0.2, 0.25) is 0 Å². The molecule has 8 nitrogen and oxygen atoms in total. The van der Waals surface area contributed by atoms with Crippen LogP contribution >= 0.6 is 0 Å². The van der Waals surface area contributed by atoms with Crippen molar-refractivity contribution in [3.05, 3.63) is 29.8 Å². The zero-order valence-corrected chi connectivity index (χ0v) is 17.7. The van der Waals surface area contributed by atoms with Crippen molar-refractivity contribution in [2.24, 2.45) is 0 Å². The third-order valence-corrected chi connectivity index (χ3v) is 4.74. The van der Waals surface area contributed by atoms with Gasteiger partial charge < -0.3 is 19.5 Å². The molecule has 8 heteroatoms. The predicted octanol–water partition coefficient (Wildman–Crippen LogP) is 3.20. The first-order valence-corrected chi connectivity index (χ1v) is 10.2. The van der Waals surface area contributed by atoms with Gasteiger partial charge in [-0.1, -0.05) is 25.3 Å². The highest BCUT2D eigenvalue weighted by Gasteiger charge is 2.21. The van der Waals surface area contributed by atoms with Gasteiger partial charge in [-0.15, -0.1) is 0 Å². The fraction of sp³-hybridized carbons (Fsp3) is 0.500. The third-order valence-electron chi connectivity index (χ3n) is 4.74. The summed E-state index contributed by atoms with van der Waals surface area (Å²) in [7, 11) is 1.55. The molecule has 1 atom stereocenters. The lowest BCUT2D eigenvalue weighted by atomic mass is 9.96. The summed E-state index contributed by atoms with van der Waals surface area (Å²) in [5.74, 6) is -0.215. The molecule has 1 aliphatic rings. The number of methoxy groups -OCH3 is 1. The second-order valence-corrected chi connectivity index (χ2v) is 7.05. The second-order valence-electron chi connectivity index (χ2n) is 7.05. The van der Waals surface area contributed by atoms with Crippen LogP contribution in [0, 0.1) is 0 Å². The van der Waals surface area contributed by atoms with Gasteiger partial charge in [-0.3, -0.25) is 10.1 Å². The van der Waals surface area contributed by atoms with E-state index in [1.54, 1.807) is 31.4 Å². The topological polar surface area (TPSA) is 103 Å². The number of carbonyl (C=O) groups excluding carboxylic acids is 3. The van der Waals surface area contributed by atoms with Crippen LogP contribution < -0.4 is 20.1 Å². The van der Waals surface area contributed by atoms with Crippen LogP contribution in [0.15, 0.2) is 24.3 Å². The molecule has 0 saturated heterocycles. The van der Waals surface area contributed by atoms with Gasteiger partial charge in [-0.05, 0) is 50.5 Å². The van der Waals surface area contributed by atoms with E-state index in [9.17, 15) is 14.4 Å². The maximum atomic E-state index is 12.1. The van der Waals surface area contributed by atoms with E-state index in [1.165, 1.54) is 19.4 Å². The standard InChI is InChI=1S/C22H30N2O6/c1-4-29-19-14-16(10-12-18(19)28-3)11-13-20(25)30-15(2)21(26)24-22(27)23-17-8-6-5-7-9-17/h10-15,17H,4-9H2,1-3H3,(H2,23,24,26,27)/b13-11+/t15-/m1/s1. The minimum atomic E-state index is -1.10. The van der Waals surface area contributed by atoms with Crippen LogP contribution in [0.2, 0.25) is 0 Å². The summed E-state index contributed by atoms with van der Waals surface area (Å²) in [6, 6.07) is 4.75. The van der Waals surface area contributed by atoms with Crippen molar-refractivity contribution in [2.45, 2.75) is 58.1 Å². The first kappa shape index (κ1) is 23.3. The first-order chi connectivity index (χ1) is 14.4. The number of hydrogen-bond donors (Lipinski definition) is 2. The van der Waals surface area contributed by atoms with Crippen LogP contribution in [0.3, 0.4) is 0 Å². The molecule has 0 aliphatic heterocycles. The maximum Gasteiger partial charge on any atom is 0.331 e. The summed E-state index contributed by atoms with van der Waals surface area (Å²) in [5, 5.41) is 5.00. The Morgan fingerprint density at radius 3 is 2.57 bits per heavy atom. The van der Waals surface area contributed by atoms with Crippen LogP contribution in [0.5, 0.6) is 11.5 Å². The fourth-order valence-corrected chi connectivity index (χ4v) is 3.18. The molecule has 0 radical (unpaired) electrons. The van der Waals surface area contributed by atoms with Crippen LogP contribution in [-0.2, 0) is 14.3 Å². The molecule has 0 spiro atoms. The Kier molecular flexibility index (Phi) is 9.18. The molecule has 2 rings (SSSR count). The molecule has 30 heavy (non-hydrogen) atoms.